The number of ether oxygens (including phenoxy) is 2. The van der Waals surface area contributed by atoms with E-state index in [4.69, 9.17) is 38.5 Å². The van der Waals surface area contributed by atoms with Gasteiger partial charge in [-0.2, -0.15) is 0 Å². The number of nitrogens with two attached hydrogens (primary N) is 1. The van der Waals surface area contributed by atoms with E-state index >= 15 is 0 Å². The third kappa shape index (κ3) is 5.84. The molecule has 21 heavy (non-hydrogen) atoms. The van der Waals surface area contributed by atoms with Crippen LogP contribution >= 0.6 is 23.2 Å². The van der Waals surface area contributed by atoms with Crippen LogP contribution in [0.25, 0.3) is 0 Å². The molecule has 1 aromatic heterocycles. The number of anilines is 2. The number of nitrogens with zero attached hydrogens (tertiary/aromatic N) is 2. The number of hydrogen-bond acceptors (Lipinski definition) is 6. The van der Waals surface area contributed by atoms with Crippen molar-refractivity contribution in [2.45, 2.75) is 13.8 Å². The summed E-state index contributed by atoms with van der Waals surface area (Å²) in [5, 5.41) is 0.841. The van der Waals surface area contributed by atoms with Crippen LogP contribution in [0.1, 0.15) is 13.8 Å². The van der Waals surface area contributed by atoms with Crippen LogP contribution in [0.2, 0.25) is 10.0 Å². The quantitative estimate of drug-likeness (QED) is 0.388. The third-order valence-corrected chi connectivity index (χ3v) is 3.33. The molecule has 0 bridgehead atoms. The van der Waals surface area contributed by atoms with E-state index in [-0.39, 0.29) is 0 Å². The zero-order valence-electron chi connectivity index (χ0n) is 12.4. The molecule has 0 radical (unpaired) electrons. The van der Waals surface area contributed by atoms with Gasteiger partial charge in [-0.15, -0.1) is 0 Å². The summed E-state index contributed by atoms with van der Waals surface area (Å²) in [5.74, 6) is 6.39. The number of halogens is 2. The van der Waals surface area contributed by atoms with Gasteiger partial charge in [-0.1, -0.05) is 23.2 Å². The first-order valence-electron chi connectivity index (χ1n) is 6.87. The maximum Gasteiger partial charge on any atom is 0.161 e. The maximum absolute atomic E-state index is 6.24. The van der Waals surface area contributed by atoms with Crippen molar-refractivity contribution in [1.29, 1.82) is 0 Å². The molecule has 1 rings (SSSR count). The van der Waals surface area contributed by atoms with Crippen molar-refractivity contribution in [1.82, 2.24) is 4.98 Å². The molecular weight excluding hydrogens is 315 g/mol. The van der Waals surface area contributed by atoms with Crippen LogP contribution in [0, 0.1) is 0 Å². The van der Waals surface area contributed by atoms with Gasteiger partial charge in [0.1, 0.15) is 5.82 Å². The average molecular weight is 337 g/mol. The SMILES string of the molecule is CCOCCN(CCOCC)c1nc(NN)c(Cl)cc1Cl. The van der Waals surface area contributed by atoms with Gasteiger partial charge in [-0.05, 0) is 19.9 Å². The van der Waals surface area contributed by atoms with Crippen LogP contribution in [-0.4, -0.2) is 44.5 Å². The molecule has 0 saturated carbocycles. The highest BCUT2D eigenvalue weighted by Gasteiger charge is 2.15. The summed E-state index contributed by atoms with van der Waals surface area (Å²) in [6.45, 7) is 7.69. The Morgan fingerprint density at radius 3 is 2.19 bits per heavy atom. The molecule has 8 heteroatoms. The third-order valence-electron chi connectivity index (χ3n) is 2.77. The minimum atomic E-state index is 0.376. The second-order valence-electron chi connectivity index (χ2n) is 4.15. The number of hydrazine groups is 1. The molecule has 0 amide bonds. The first-order valence-corrected chi connectivity index (χ1v) is 7.62. The lowest BCUT2D eigenvalue weighted by Gasteiger charge is -2.25. The molecule has 0 fully saturated rings. The van der Waals surface area contributed by atoms with Gasteiger partial charge < -0.3 is 19.8 Å². The first kappa shape index (κ1) is 18.3. The first-order chi connectivity index (χ1) is 10.1. The lowest BCUT2D eigenvalue weighted by Crippen LogP contribution is -2.32. The zero-order chi connectivity index (χ0) is 15.7. The van der Waals surface area contributed by atoms with E-state index in [1.807, 2.05) is 18.7 Å². The summed E-state index contributed by atoms with van der Waals surface area (Å²) in [4.78, 5) is 6.35. The summed E-state index contributed by atoms with van der Waals surface area (Å²) in [6.07, 6.45) is 0. The summed E-state index contributed by atoms with van der Waals surface area (Å²) < 4.78 is 10.8. The van der Waals surface area contributed by atoms with Crippen molar-refractivity contribution >= 4 is 34.8 Å². The predicted octanol–water partition coefficient (Wildman–Crippen LogP) is 2.55. The molecule has 0 aromatic carbocycles. The van der Waals surface area contributed by atoms with Gasteiger partial charge in [0.15, 0.2) is 5.82 Å². The molecule has 0 unspecified atom stereocenters. The Bertz CT molecular complexity index is 425. The molecule has 0 atom stereocenters. The number of hydrogen-bond donors (Lipinski definition) is 2. The van der Waals surface area contributed by atoms with Crippen LogP contribution < -0.4 is 16.2 Å². The van der Waals surface area contributed by atoms with Crippen molar-refractivity contribution in [3.8, 4) is 0 Å². The predicted molar refractivity (Wildman–Crippen MR) is 87.3 cm³/mol. The van der Waals surface area contributed by atoms with E-state index in [9.17, 15) is 0 Å². The summed E-state index contributed by atoms with van der Waals surface area (Å²) in [7, 11) is 0. The molecule has 0 aliphatic rings. The molecule has 1 aromatic rings. The Labute approximate surface area is 135 Å². The lowest BCUT2D eigenvalue weighted by molar-refractivity contribution is 0.141. The standard InChI is InChI=1S/C13H22Cl2N4O2/c1-3-20-7-5-19(6-8-21-4-2)13-11(15)9-10(14)12(17-13)18-16/h9H,3-8,16H2,1-2H3,(H,17,18). The van der Waals surface area contributed by atoms with Crippen molar-refractivity contribution in [3.05, 3.63) is 16.1 Å². The summed E-state index contributed by atoms with van der Waals surface area (Å²) in [5.41, 5.74) is 2.46. The molecular formula is C13H22Cl2N4O2. The van der Waals surface area contributed by atoms with Crippen LogP contribution in [0.3, 0.4) is 0 Å². The number of aromatic nitrogens is 1. The van der Waals surface area contributed by atoms with Gasteiger partial charge >= 0.3 is 0 Å². The van der Waals surface area contributed by atoms with Gasteiger partial charge in [0.25, 0.3) is 0 Å². The van der Waals surface area contributed by atoms with Gasteiger partial charge in [0, 0.05) is 26.3 Å². The minimum Gasteiger partial charge on any atom is -0.380 e. The molecule has 0 aliphatic carbocycles. The fourth-order valence-corrected chi connectivity index (χ4v) is 2.27. The van der Waals surface area contributed by atoms with Gasteiger partial charge in [0.05, 0.1) is 23.3 Å². The smallest absolute Gasteiger partial charge is 0.161 e. The second-order valence-corrected chi connectivity index (χ2v) is 4.96. The van der Waals surface area contributed by atoms with Gasteiger partial charge in [0.2, 0.25) is 0 Å². The highest BCUT2D eigenvalue weighted by atomic mass is 35.5. The monoisotopic (exact) mass is 336 g/mol. The van der Waals surface area contributed by atoms with Crippen molar-refractivity contribution in [3.63, 3.8) is 0 Å². The fraction of sp³-hybridized carbons (Fsp3) is 0.615. The van der Waals surface area contributed by atoms with Crippen molar-refractivity contribution in [2.75, 3.05) is 49.8 Å². The van der Waals surface area contributed by atoms with E-state index in [1.54, 1.807) is 6.07 Å². The molecule has 120 valence electrons. The minimum absolute atomic E-state index is 0.376. The largest absolute Gasteiger partial charge is 0.380 e. The van der Waals surface area contributed by atoms with E-state index in [2.05, 4.69) is 10.4 Å². The lowest BCUT2D eigenvalue weighted by atomic mass is 10.3. The number of nitrogen functional groups attached to an aromatic ring is 1. The molecule has 3 N–H and O–H groups in total. The van der Waals surface area contributed by atoms with E-state index in [0.717, 1.165) is 0 Å². The van der Waals surface area contributed by atoms with Crippen LogP contribution in [-0.2, 0) is 9.47 Å². The van der Waals surface area contributed by atoms with Crippen LogP contribution in [0.4, 0.5) is 11.6 Å². The Balaban J connectivity index is 2.89. The summed E-state index contributed by atoms with van der Waals surface area (Å²) in [6, 6.07) is 1.62. The topological polar surface area (TPSA) is 72.6 Å². The van der Waals surface area contributed by atoms with Crippen molar-refractivity contribution in [2.24, 2.45) is 5.84 Å². The average Bonchev–Trinajstić information content (AvgIpc) is 2.46. The van der Waals surface area contributed by atoms with Crippen molar-refractivity contribution < 1.29 is 9.47 Å². The van der Waals surface area contributed by atoms with Gasteiger partial charge in [-0.3, -0.25) is 0 Å². The second kappa shape index (κ2) is 10.0. The number of pyridine rings is 1. The highest BCUT2D eigenvalue weighted by Crippen LogP contribution is 2.30. The number of nitrogens with one attached hydrogen (secondary N) is 1. The van der Waals surface area contributed by atoms with E-state index in [0.29, 0.717) is 61.2 Å². The summed E-state index contributed by atoms with van der Waals surface area (Å²) >= 11 is 12.2. The molecule has 0 saturated heterocycles. The van der Waals surface area contributed by atoms with Crippen LogP contribution in [0.15, 0.2) is 6.07 Å². The zero-order valence-corrected chi connectivity index (χ0v) is 13.9. The van der Waals surface area contributed by atoms with E-state index in [1.165, 1.54) is 0 Å². The normalized spacial score (nSPS) is 10.7. The molecule has 0 aliphatic heterocycles. The maximum atomic E-state index is 6.24. The molecule has 0 spiro atoms. The molecule has 1 heterocycles. The Hall–Kier alpha value is -0.790. The Morgan fingerprint density at radius 2 is 1.71 bits per heavy atom. The van der Waals surface area contributed by atoms with Crippen LogP contribution in [0.5, 0.6) is 0 Å². The van der Waals surface area contributed by atoms with E-state index < -0.39 is 0 Å². The Morgan fingerprint density at radius 1 is 1.14 bits per heavy atom. The highest BCUT2D eigenvalue weighted by molar-refractivity contribution is 6.37. The Kier molecular flexibility index (Phi) is 8.72. The fourth-order valence-electron chi connectivity index (χ4n) is 1.74. The molecule has 6 nitrogen and oxygen atoms in total. The number of rotatable bonds is 10. The van der Waals surface area contributed by atoms with Gasteiger partial charge in [-0.25, -0.2) is 10.8 Å².